The number of hydrazine groups is 1. The summed E-state index contributed by atoms with van der Waals surface area (Å²) in [5.74, 6) is 7.28. The Balaban J connectivity index is 1.71. The van der Waals surface area contributed by atoms with E-state index in [1.807, 2.05) is 24.3 Å². The van der Waals surface area contributed by atoms with Gasteiger partial charge in [-0.15, -0.1) is 0 Å². The first kappa shape index (κ1) is 14.6. The van der Waals surface area contributed by atoms with Crippen molar-refractivity contribution in [3.05, 3.63) is 57.7 Å². The monoisotopic (exact) mass is 396 g/mol. The van der Waals surface area contributed by atoms with E-state index in [1.165, 1.54) is 9.13 Å². The van der Waals surface area contributed by atoms with Gasteiger partial charge in [-0.2, -0.15) is 0 Å². The lowest BCUT2D eigenvalue weighted by atomic mass is 10.0. The van der Waals surface area contributed by atoms with Gasteiger partial charge < -0.3 is 9.47 Å². The molecule has 0 spiro atoms. The first-order valence-corrected chi connectivity index (χ1v) is 7.93. The third kappa shape index (κ3) is 3.48. The van der Waals surface area contributed by atoms with Crippen LogP contribution in [0.4, 0.5) is 0 Å². The zero-order valence-electron chi connectivity index (χ0n) is 11.5. The Kier molecular flexibility index (Phi) is 4.62. The Morgan fingerprint density at radius 3 is 2.57 bits per heavy atom. The molecule has 1 aliphatic rings. The lowest BCUT2D eigenvalue weighted by molar-refractivity contribution is 0.0620. The van der Waals surface area contributed by atoms with Crippen molar-refractivity contribution in [3.8, 4) is 11.5 Å². The fourth-order valence-corrected chi connectivity index (χ4v) is 2.77. The van der Waals surface area contributed by atoms with Crippen molar-refractivity contribution in [1.29, 1.82) is 0 Å². The second kappa shape index (κ2) is 6.64. The number of nitrogens with two attached hydrogens (primary N) is 1. The van der Waals surface area contributed by atoms with Crippen LogP contribution in [0.5, 0.6) is 11.5 Å². The standard InChI is InChI=1S/C16H17IN2O2/c17-12-7-5-11(6-8-12)9-13(19-18)16-10-20-14-3-1-2-4-15(14)21-16/h1-8,13,16,19H,9-10,18H2. The minimum absolute atomic E-state index is 0.00147. The molecule has 1 aliphatic heterocycles. The van der Waals surface area contributed by atoms with Gasteiger partial charge in [-0.3, -0.25) is 11.3 Å². The van der Waals surface area contributed by atoms with Gasteiger partial charge in [-0.05, 0) is 58.8 Å². The Morgan fingerprint density at radius 2 is 1.86 bits per heavy atom. The number of rotatable bonds is 4. The van der Waals surface area contributed by atoms with Crippen LogP contribution in [-0.2, 0) is 6.42 Å². The lowest BCUT2D eigenvalue weighted by Crippen LogP contribution is -2.51. The molecule has 2 aromatic carbocycles. The summed E-state index contributed by atoms with van der Waals surface area (Å²) in [6, 6.07) is 16.1. The third-order valence-electron chi connectivity index (χ3n) is 3.56. The number of nitrogens with one attached hydrogen (secondary N) is 1. The fourth-order valence-electron chi connectivity index (χ4n) is 2.41. The summed E-state index contributed by atoms with van der Waals surface area (Å²) < 4.78 is 13.0. The predicted molar refractivity (Wildman–Crippen MR) is 90.3 cm³/mol. The van der Waals surface area contributed by atoms with Crippen molar-refractivity contribution in [2.75, 3.05) is 6.61 Å². The molecule has 21 heavy (non-hydrogen) atoms. The molecule has 3 rings (SSSR count). The number of para-hydroxylation sites is 2. The van der Waals surface area contributed by atoms with Gasteiger partial charge in [0, 0.05) is 3.57 Å². The molecule has 5 heteroatoms. The van der Waals surface area contributed by atoms with Gasteiger partial charge in [-0.25, -0.2) is 0 Å². The fraction of sp³-hybridized carbons (Fsp3) is 0.250. The lowest BCUT2D eigenvalue weighted by Gasteiger charge is -2.32. The summed E-state index contributed by atoms with van der Waals surface area (Å²) in [5.41, 5.74) is 4.08. The van der Waals surface area contributed by atoms with E-state index in [-0.39, 0.29) is 12.1 Å². The molecule has 0 saturated heterocycles. The molecular formula is C16H17IN2O2. The molecule has 0 amide bonds. The summed E-state index contributed by atoms with van der Waals surface area (Å²) in [6.45, 7) is 0.496. The van der Waals surface area contributed by atoms with E-state index in [0.29, 0.717) is 6.61 Å². The number of halogens is 1. The highest BCUT2D eigenvalue weighted by atomic mass is 127. The third-order valence-corrected chi connectivity index (χ3v) is 4.28. The predicted octanol–water partition coefficient (Wildman–Crippen LogP) is 2.51. The maximum Gasteiger partial charge on any atom is 0.161 e. The Bertz CT molecular complexity index is 603. The van der Waals surface area contributed by atoms with E-state index in [9.17, 15) is 0 Å². The van der Waals surface area contributed by atoms with Gasteiger partial charge in [0.15, 0.2) is 11.5 Å². The molecule has 2 aromatic rings. The molecule has 1 heterocycles. The van der Waals surface area contributed by atoms with Gasteiger partial charge in [-0.1, -0.05) is 24.3 Å². The number of fused-ring (bicyclic) bond motifs is 1. The highest BCUT2D eigenvalue weighted by Crippen LogP contribution is 2.31. The van der Waals surface area contributed by atoms with E-state index >= 15 is 0 Å². The summed E-state index contributed by atoms with van der Waals surface area (Å²) in [7, 11) is 0. The van der Waals surface area contributed by atoms with Gasteiger partial charge in [0.1, 0.15) is 12.7 Å². The van der Waals surface area contributed by atoms with E-state index in [1.54, 1.807) is 0 Å². The highest BCUT2D eigenvalue weighted by molar-refractivity contribution is 14.1. The minimum atomic E-state index is -0.107. The summed E-state index contributed by atoms with van der Waals surface area (Å²) in [4.78, 5) is 0. The number of hydrogen-bond donors (Lipinski definition) is 2. The maximum absolute atomic E-state index is 6.01. The number of benzene rings is 2. The maximum atomic E-state index is 6.01. The molecule has 0 aliphatic carbocycles. The van der Waals surface area contributed by atoms with Crippen LogP contribution in [0.15, 0.2) is 48.5 Å². The second-order valence-corrected chi connectivity index (χ2v) is 6.26. The minimum Gasteiger partial charge on any atom is -0.486 e. The van der Waals surface area contributed by atoms with Crippen LogP contribution in [0.3, 0.4) is 0 Å². The average molecular weight is 396 g/mol. The highest BCUT2D eigenvalue weighted by Gasteiger charge is 2.28. The van der Waals surface area contributed by atoms with Crippen LogP contribution in [0, 0.1) is 3.57 Å². The normalized spacial score (nSPS) is 18.3. The van der Waals surface area contributed by atoms with Crippen molar-refractivity contribution in [2.24, 2.45) is 5.84 Å². The molecule has 0 radical (unpaired) electrons. The number of hydrogen-bond acceptors (Lipinski definition) is 4. The molecular weight excluding hydrogens is 379 g/mol. The molecule has 0 saturated carbocycles. The smallest absolute Gasteiger partial charge is 0.161 e. The van der Waals surface area contributed by atoms with Gasteiger partial charge in [0.05, 0.1) is 6.04 Å². The average Bonchev–Trinajstić information content (AvgIpc) is 2.54. The SMILES string of the molecule is NNC(Cc1ccc(I)cc1)C1COc2ccccc2O1. The van der Waals surface area contributed by atoms with Gasteiger partial charge in [0.25, 0.3) is 0 Å². The van der Waals surface area contributed by atoms with Crippen molar-refractivity contribution >= 4 is 22.6 Å². The van der Waals surface area contributed by atoms with Gasteiger partial charge >= 0.3 is 0 Å². The molecule has 3 N–H and O–H groups in total. The summed E-state index contributed by atoms with van der Waals surface area (Å²) >= 11 is 2.30. The van der Waals surface area contributed by atoms with Crippen molar-refractivity contribution in [3.63, 3.8) is 0 Å². The van der Waals surface area contributed by atoms with Crippen molar-refractivity contribution in [1.82, 2.24) is 5.43 Å². The molecule has 4 nitrogen and oxygen atoms in total. The van der Waals surface area contributed by atoms with Crippen LogP contribution in [-0.4, -0.2) is 18.8 Å². The number of ether oxygens (including phenoxy) is 2. The first-order valence-electron chi connectivity index (χ1n) is 6.85. The summed E-state index contributed by atoms with van der Waals surface area (Å²) in [5, 5.41) is 0. The Labute approximate surface area is 137 Å². The largest absolute Gasteiger partial charge is 0.486 e. The second-order valence-electron chi connectivity index (χ2n) is 5.02. The Morgan fingerprint density at radius 1 is 1.14 bits per heavy atom. The van der Waals surface area contributed by atoms with Crippen molar-refractivity contribution < 1.29 is 9.47 Å². The van der Waals surface area contributed by atoms with Gasteiger partial charge in [0.2, 0.25) is 0 Å². The topological polar surface area (TPSA) is 56.5 Å². The molecule has 0 aromatic heterocycles. The van der Waals surface area contributed by atoms with Crippen LogP contribution in [0.2, 0.25) is 0 Å². The summed E-state index contributed by atoms with van der Waals surface area (Å²) in [6.07, 6.45) is 0.688. The molecule has 110 valence electrons. The van der Waals surface area contributed by atoms with Crippen LogP contribution in [0.25, 0.3) is 0 Å². The van der Waals surface area contributed by atoms with Crippen LogP contribution < -0.4 is 20.7 Å². The zero-order valence-corrected chi connectivity index (χ0v) is 13.6. The molecule has 0 bridgehead atoms. The van der Waals surface area contributed by atoms with Crippen LogP contribution in [0.1, 0.15) is 5.56 Å². The van der Waals surface area contributed by atoms with Crippen LogP contribution >= 0.6 is 22.6 Å². The Hall–Kier alpha value is -1.31. The zero-order chi connectivity index (χ0) is 14.7. The van der Waals surface area contributed by atoms with E-state index in [0.717, 1.165) is 17.9 Å². The quantitative estimate of drug-likeness (QED) is 0.474. The molecule has 0 fully saturated rings. The first-order chi connectivity index (χ1) is 10.3. The van der Waals surface area contributed by atoms with Crippen molar-refractivity contribution in [2.45, 2.75) is 18.6 Å². The molecule has 2 unspecified atom stereocenters. The molecule has 2 atom stereocenters. The van der Waals surface area contributed by atoms with E-state index < -0.39 is 0 Å². The van der Waals surface area contributed by atoms with E-state index in [2.05, 4.69) is 52.3 Å². The van der Waals surface area contributed by atoms with E-state index in [4.69, 9.17) is 15.3 Å².